The van der Waals surface area contributed by atoms with E-state index in [9.17, 15) is 4.39 Å². The van der Waals surface area contributed by atoms with Crippen LogP contribution in [0.2, 0.25) is 0 Å². The normalized spacial score (nSPS) is 11.4. The zero-order valence-electron chi connectivity index (χ0n) is 15.9. The van der Waals surface area contributed by atoms with Crippen molar-refractivity contribution in [2.45, 2.75) is 0 Å². The highest BCUT2D eigenvalue weighted by molar-refractivity contribution is 5.94. The molecule has 0 aliphatic rings. The van der Waals surface area contributed by atoms with Crippen LogP contribution in [-0.2, 0) is 0 Å². The van der Waals surface area contributed by atoms with E-state index in [1.165, 1.54) is 6.07 Å². The lowest BCUT2D eigenvalue weighted by Gasteiger charge is -2.03. The van der Waals surface area contributed by atoms with E-state index in [4.69, 9.17) is 4.98 Å². The van der Waals surface area contributed by atoms with Crippen molar-refractivity contribution in [1.82, 2.24) is 40.1 Å². The molecule has 1 aromatic carbocycles. The lowest BCUT2D eigenvalue weighted by atomic mass is 10.1. The summed E-state index contributed by atoms with van der Waals surface area (Å²) in [4.78, 5) is 25.3. The first-order valence-corrected chi connectivity index (χ1v) is 9.49. The van der Waals surface area contributed by atoms with Gasteiger partial charge in [0.2, 0.25) is 0 Å². The number of nitrogens with one attached hydrogen (secondary N) is 2. The van der Waals surface area contributed by atoms with Crippen molar-refractivity contribution in [2.75, 3.05) is 0 Å². The first kappa shape index (κ1) is 17.3. The molecule has 0 bridgehead atoms. The summed E-state index contributed by atoms with van der Waals surface area (Å²) in [6.45, 7) is 0. The Morgan fingerprint density at radius 2 is 1.71 bits per heavy atom. The second-order valence-electron chi connectivity index (χ2n) is 6.88. The van der Waals surface area contributed by atoms with E-state index in [1.807, 2.05) is 12.1 Å². The summed E-state index contributed by atoms with van der Waals surface area (Å²) in [6.07, 6.45) is 6.51. The number of imidazole rings is 1. The highest BCUT2D eigenvalue weighted by Gasteiger charge is 2.18. The second-order valence-corrected chi connectivity index (χ2v) is 6.88. The number of rotatable bonds is 3. The fourth-order valence-electron chi connectivity index (χ4n) is 3.56. The van der Waals surface area contributed by atoms with Gasteiger partial charge in [0.15, 0.2) is 17.2 Å². The van der Waals surface area contributed by atoms with Gasteiger partial charge in [-0.2, -0.15) is 5.10 Å². The van der Waals surface area contributed by atoms with Crippen LogP contribution in [-0.4, -0.2) is 40.1 Å². The van der Waals surface area contributed by atoms with Gasteiger partial charge in [-0.3, -0.25) is 15.1 Å². The first-order chi connectivity index (χ1) is 15.3. The summed E-state index contributed by atoms with van der Waals surface area (Å²) >= 11 is 0. The van der Waals surface area contributed by atoms with E-state index in [-0.39, 0.29) is 5.82 Å². The molecular formula is C22H13FN8. The minimum atomic E-state index is -0.319. The van der Waals surface area contributed by atoms with E-state index >= 15 is 0 Å². The van der Waals surface area contributed by atoms with Crippen molar-refractivity contribution in [2.24, 2.45) is 0 Å². The number of benzene rings is 1. The lowest BCUT2D eigenvalue weighted by Crippen LogP contribution is -1.89. The third-order valence-corrected chi connectivity index (χ3v) is 5.01. The quantitative estimate of drug-likeness (QED) is 0.455. The molecule has 6 rings (SSSR count). The van der Waals surface area contributed by atoms with Crippen molar-refractivity contribution in [1.29, 1.82) is 0 Å². The maximum Gasteiger partial charge on any atom is 0.162 e. The summed E-state index contributed by atoms with van der Waals surface area (Å²) in [5, 5.41) is 7.37. The fraction of sp³-hybridized carbons (Fsp3) is 0. The molecule has 0 saturated heterocycles. The van der Waals surface area contributed by atoms with E-state index in [0.717, 1.165) is 5.52 Å². The summed E-state index contributed by atoms with van der Waals surface area (Å²) < 4.78 is 14.4. The van der Waals surface area contributed by atoms with Gasteiger partial charge >= 0.3 is 0 Å². The molecule has 5 aromatic heterocycles. The molecule has 9 heteroatoms. The minimum absolute atomic E-state index is 0.319. The van der Waals surface area contributed by atoms with Crippen LogP contribution in [0.1, 0.15) is 0 Å². The third kappa shape index (κ3) is 2.83. The van der Waals surface area contributed by atoms with Gasteiger partial charge in [0.1, 0.15) is 22.5 Å². The van der Waals surface area contributed by atoms with Crippen LogP contribution in [0, 0.1) is 5.82 Å². The molecule has 0 fully saturated rings. The number of pyridine rings is 2. The number of fused-ring (bicyclic) bond motifs is 2. The van der Waals surface area contributed by atoms with E-state index in [1.54, 1.807) is 49.1 Å². The number of hydrogen-bond acceptors (Lipinski definition) is 6. The molecule has 2 N–H and O–H groups in total. The van der Waals surface area contributed by atoms with Crippen molar-refractivity contribution < 1.29 is 4.39 Å². The number of aromatic nitrogens is 8. The zero-order valence-corrected chi connectivity index (χ0v) is 15.9. The van der Waals surface area contributed by atoms with E-state index in [0.29, 0.717) is 50.7 Å². The number of aromatic amines is 2. The number of H-pyrrole nitrogens is 2. The Morgan fingerprint density at radius 3 is 2.58 bits per heavy atom. The van der Waals surface area contributed by atoms with Crippen molar-refractivity contribution in [3.63, 3.8) is 0 Å². The smallest absolute Gasteiger partial charge is 0.162 e. The van der Waals surface area contributed by atoms with Crippen LogP contribution in [0.5, 0.6) is 0 Å². The van der Waals surface area contributed by atoms with Crippen molar-refractivity contribution >= 4 is 22.2 Å². The van der Waals surface area contributed by atoms with E-state index in [2.05, 4.69) is 35.1 Å². The molecule has 0 spiro atoms. The van der Waals surface area contributed by atoms with Gasteiger partial charge in [0, 0.05) is 29.7 Å². The molecule has 0 saturated carbocycles. The lowest BCUT2D eigenvalue weighted by molar-refractivity contribution is 0.631. The highest BCUT2D eigenvalue weighted by atomic mass is 19.1. The molecule has 0 aliphatic heterocycles. The van der Waals surface area contributed by atoms with Crippen LogP contribution in [0.3, 0.4) is 0 Å². The number of hydrogen-bond donors (Lipinski definition) is 2. The summed E-state index contributed by atoms with van der Waals surface area (Å²) in [7, 11) is 0. The van der Waals surface area contributed by atoms with Gasteiger partial charge in [0.05, 0.1) is 17.4 Å². The van der Waals surface area contributed by atoms with Crippen molar-refractivity contribution in [3.05, 3.63) is 73.1 Å². The Kier molecular flexibility index (Phi) is 3.79. The standard InChI is InChI=1S/C22H13FN8/c23-14-4-2-1-3-12(14)13-7-8-26-21-18(13)28-22(29-21)20-19-16(30-31-20)6-5-15(27-19)17-11-24-9-10-25-17/h1-11H,(H,30,31)(H,26,28,29). The van der Waals surface area contributed by atoms with Crippen LogP contribution < -0.4 is 0 Å². The van der Waals surface area contributed by atoms with Gasteiger partial charge in [-0.1, -0.05) is 18.2 Å². The summed E-state index contributed by atoms with van der Waals surface area (Å²) in [5.74, 6) is 0.168. The molecule has 5 heterocycles. The Hall–Kier alpha value is -4.53. The molecule has 31 heavy (non-hydrogen) atoms. The van der Waals surface area contributed by atoms with Crippen LogP contribution in [0.4, 0.5) is 4.39 Å². The van der Waals surface area contributed by atoms with E-state index < -0.39 is 0 Å². The van der Waals surface area contributed by atoms with Gasteiger partial charge in [-0.05, 0) is 24.3 Å². The minimum Gasteiger partial charge on any atom is -0.321 e. The molecule has 0 amide bonds. The number of nitrogens with zero attached hydrogens (tertiary/aromatic N) is 6. The summed E-state index contributed by atoms with van der Waals surface area (Å²) in [6, 6.07) is 12.1. The van der Waals surface area contributed by atoms with Gasteiger partial charge < -0.3 is 4.98 Å². The highest BCUT2D eigenvalue weighted by Crippen LogP contribution is 2.31. The van der Waals surface area contributed by atoms with Crippen molar-refractivity contribution in [3.8, 4) is 34.0 Å². The molecular weight excluding hydrogens is 395 g/mol. The van der Waals surface area contributed by atoms with Crippen LogP contribution in [0.15, 0.2) is 67.3 Å². The second kappa shape index (κ2) is 6.77. The molecule has 0 atom stereocenters. The molecule has 8 nitrogen and oxygen atoms in total. The average Bonchev–Trinajstić information content (AvgIpc) is 3.43. The van der Waals surface area contributed by atoms with Gasteiger partial charge in [0.25, 0.3) is 0 Å². The zero-order chi connectivity index (χ0) is 20.8. The average molecular weight is 408 g/mol. The topological polar surface area (TPSA) is 109 Å². The predicted molar refractivity (Wildman–Crippen MR) is 113 cm³/mol. The van der Waals surface area contributed by atoms with Crippen LogP contribution in [0.25, 0.3) is 56.2 Å². The Balaban J connectivity index is 1.53. The molecule has 148 valence electrons. The molecule has 0 unspecified atom stereocenters. The molecule has 6 aromatic rings. The fourth-order valence-corrected chi connectivity index (χ4v) is 3.56. The Morgan fingerprint density at radius 1 is 0.774 bits per heavy atom. The SMILES string of the molecule is Fc1ccccc1-c1ccnc2[nH]c(-c3n[nH]c4ccc(-c5cnccn5)nc34)nc12. The molecule has 0 radical (unpaired) electrons. The molecule has 0 aliphatic carbocycles. The van der Waals surface area contributed by atoms with Crippen LogP contribution >= 0.6 is 0 Å². The summed E-state index contributed by atoms with van der Waals surface area (Å²) in [5.41, 5.74) is 5.47. The maximum absolute atomic E-state index is 14.4. The first-order valence-electron chi connectivity index (χ1n) is 9.49. The Labute approximate surface area is 174 Å². The Bertz CT molecular complexity index is 1550. The largest absolute Gasteiger partial charge is 0.321 e. The van der Waals surface area contributed by atoms with Gasteiger partial charge in [-0.25, -0.2) is 19.3 Å². The predicted octanol–water partition coefficient (Wildman–Crippen LogP) is 4.16. The van der Waals surface area contributed by atoms with Gasteiger partial charge in [-0.15, -0.1) is 0 Å². The maximum atomic E-state index is 14.4. The third-order valence-electron chi connectivity index (χ3n) is 5.01. The monoisotopic (exact) mass is 408 g/mol. The number of halogens is 1.